The number of aliphatic hydroxyl groups is 1. The minimum Gasteiger partial charge on any atom is -0.507 e. The fourth-order valence-corrected chi connectivity index (χ4v) is 1.45. The standard InChI is InChI=1S/C9H10INO3/c10-6-1-2-8(13)7(5-6)9(14)11-3-4-12/h1-2,5,12-13H,3-4H2,(H,11,14). The van der Waals surface area contributed by atoms with Crippen LogP contribution < -0.4 is 5.32 Å². The van der Waals surface area contributed by atoms with E-state index in [1.165, 1.54) is 6.07 Å². The van der Waals surface area contributed by atoms with Crippen LogP contribution in [0.1, 0.15) is 10.4 Å². The number of halogens is 1. The molecule has 3 N–H and O–H groups in total. The van der Waals surface area contributed by atoms with Crippen LogP contribution in [0, 0.1) is 3.57 Å². The van der Waals surface area contributed by atoms with Gasteiger partial charge >= 0.3 is 0 Å². The molecule has 0 atom stereocenters. The second kappa shape index (κ2) is 5.16. The lowest BCUT2D eigenvalue weighted by atomic mass is 10.2. The Labute approximate surface area is 95.1 Å². The van der Waals surface area contributed by atoms with Crippen molar-refractivity contribution >= 4 is 28.5 Å². The highest BCUT2D eigenvalue weighted by Crippen LogP contribution is 2.19. The molecule has 0 saturated carbocycles. The number of nitrogens with one attached hydrogen (secondary N) is 1. The van der Waals surface area contributed by atoms with E-state index in [0.717, 1.165) is 3.57 Å². The molecule has 1 aromatic carbocycles. The molecule has 0 aliphatic heterocycles. The van der Waals surface area contributed by atoms with Crippen molar-refractivity contribution in [2.75, 3.05) is 13.2 Å². The highest BCUT2D eigenvalue weighted by molar-refractivity contribution is 14.1. The number of phenols is 1. The van der Waals surface area contributed by atoms with E-state index >= 15 is 0 Å². The van der Waals surface area contributed by atoms with Gasteiger partial charge < -0.3 is 15.5 Å². The van der Waals surface area contributed by atoms with Gasteiger partial charge in [0.25, 0.3) is 5.91 Å². The average molecular weight is 307 g/mol. The van der Waals surface area contributed by atoms with E-state index in [0.29, 0.717) is 0 Å². The lowest BCUT2D eigenvalue weighted by Crippen LogP contribution is -2.26. The van der Waals surface area contributed by atoms with Crippen molar-refractivity contribution in [3.63, 3.8) is 0 Å². The first-order valence-electron chi connectivity index (χ1n) is 4.02. The normalized spacial score (nSPS) is 9.86. The molecule has 0 aliphatic rings. The van der Waals surface area contributed by atoms with Crippen LogP contribution in [0.3, 0.4) is 0 Å². The minimum absolute atomic E-state index is 0.0548. The molecule has 0 aliphatic carbocycles. The summed E-state index contributed by atoms with van der Waals surface area (Å²) < 4.78 is 0.870. The first-order chi connectivity index (χ1) is 6.65. The Balaban J connectivity index is 2.83. The van der Waals surface area contributed by atoms with Crippen molar-refractivity contribution < 1.29 is 15.0 Å². The van der Waals surface area contributed by atoms with E-state index in [4.69, 9.17) is 5.11 Å². The third kappa shape index (κ3) is 2.85. The number of benzene rings is 1. The second-order valence-electron chi connectivity index (χ2n) is 2.64. The van der Waals surface area contributed by atoms with Crippen molar-refractivity contribution in [2.24, 2.45) is 0 Å². The van der Waals surface area contributed by atoms with Crippen molar-refractivity contribution in [1.29, 1.82) is 0 Å². The van der Waals surface area contributed by atoms with Crippen LogP contribution in [-0.2, 0) is 0 Å². The van der Waals surface area contributed by atoms with Crippen molar-refractivity contribution in [1.82, 2.24) is 5.32 Å². The summed E-state index contributed by atoms with van der Waals surface area (Å²) in [6, 6.07) is 4.76. The summed E-state index contributed by atoms with van der Waals surface area (Å²) in [7, 11) is 0. The highest BCUT2D eigenvalue weighted by atomic mass is 127. The molecule has 5 heteroatoms. The fraction of sp³-hybridized carbons (Fsp3) is 0.222. The molecule has 0 saturated heterocycles. The minimum atomic E-state index is -0.380. The highest BCUT2D eigenvalue weighted by Gasteiger charge is 2.10. The van der Waals surface area contributed by atoms with Gasteiger partial charge in [-0.05, 0) is 40.8 Å². The van der Waals surface area contributed by atoms with Crippen molar-refractivity contribution in [3.05, 3.63) is 27.3 Å². The van der Waals surface area contributed by atoms with Crippen molar-refractivity contribution in [2.45, 2.75) is 0 Å². The first kappa shape index (κ1) is 11.3. The monoisotopic (exact) mass is 307 g/mol. The van der Waals surface area contributed by atoms with Crippen LogP contribution in [-0.4, -0.2) is 29.3 Å². The van der Waals surface area contributed by atoms with Gasteiger partial charge in [0.1, 0.15) is 5.75 Å². The molecule has 0 spiro atoms. The van der Waals surface area contributed by atoms with Gasteiger partial charge in [-0.15, -0.1) is 0 Å². The first-order valence-corrected chi connectivity index (χ1v) is 5.10. The molecule has 4 nitrogen and oxygen atoms in total. The molecule has 1 aromatic rings. The average Bonchev–Trinajstić information content (AvgIpc) is 2.18. The Morgan fingerprint density at radius 2 is 2.21 bits per heavy atom. The molecule has 0 heterocycles. The summed E-state index contributed by atoms with van der Waals surface area (Å²) in [6.07, 6.45) is 0. The molecule has 0 fully saturated rings. The Kier molecular flexibility index (Phi) is 4.15. The lowest BCUT2D eigenvalue weighted by molar-refractivity contribution is 0.0942. The van der Waals surface area contributed by atoms with Crippen LogP contribution in [0.4, 0.5) is 0 Å². The molecule has 0 radical (unpaired) electrons. The number of hydrogen-bond acceptors (Lipinski definition) is 3. The summed E-state index contributed by atoms with van der Waals surface area (Å²) in [5, 5.41) is 20.3. The Hall–Kier alpha value is -0.820. The lowest BCUT2D eigenvalue weighted by Gasteiger charge is -2.05. The largest absolute Gasteiger partial charge is 0.507 e. The fourth-order valence-electron chi connectivity index (χ4n) is 0.955. The molecule has 1 amide bonds. The van der Waals surface area contributed by atoms with Crippen LogP contribution in [0.25, 0.3) is 0 Å². The quantitative estimate of drug-likeness (QED) is 0.721. The van der Waals surface area contributed by atoms with Crippen molar-refractivity contribution in [3.8, 4) is 5.75 Å². The zero-order valence-electron chi connectivity index (χ0n) is 7.33. The molecule has 1 rings (SSSR count). The van der Waals surface area contributed by atoms with Crippen LogP contribution in [0.5, 0.6) is 5.75 Å². The smallest absolute Gasteiger partial charge is 0.255 e. The molecule has 0 unspecified atom stereocenters. The Morgan fingerprint density at radius 1 is 1.50 bits per heavy atom. The van der Waals surface area contributed by atoms with Gasteiger partial charge in [0, 0.05) is 10.1 Å². The van der Waals surface area contributed by atoms with Gasteiger partial charge in [-0.2, -0.15) is 0 Å². The molecule has 0 bridgehead atoms. The van der Waals surface area contributed by atoms with Gasteiger partial charge in [0.15, 0.2) is 0 Å². The summed E-state index contributed by atoms with van der Waals surface area (Å²) in [5.74, 6) is -0.434. The van der Waals surface area contributed by atoms with E-state index < -0.39 is 0 Å². The van der Waals surface area contributed by atoms with E-state index in [2.05, 4.69) is 27.9 Å². The maximum Gasteiger partial charge on any atom is 0.255 e. The van der Waals surface area contributed by atoms with E-state index in [1.54, 1.807) is 12.1 Å². The zero-order chi connectivity index (χ0) is 10.6. The van der Waals surface area contributed by atoms with Gasteiger partial charge in [0.2, 0.25) is 0 Å². The summed E-state index contributed by atoms with van der Waals surface area (Å²) in [4.78, 5) is 11.4. The van der Waals surface area contributed by atoms with Gasteiger partial charge in [-0.3, -0.25) is 4.79 Å². The summed E-state index contributed by atoms with van der Waals surface area (Å²) in [5.41, 5.74) is 0.227. The van der Waals surface area contributed by atoms with E-state index in [1.807, 2.05) is 0 Å². The Morgan fingerprint density at radius 3 is 2.86 bits per heavy atom. The number of hydrogen-bond donors (Lipinski definition) is 3. The topological polar surface area (TPSA) is 69.6 Å². The van der Waals surface area contributed by atoms with E-state index in [-0.39, 0.29) is 30.4 Å². The second-order valence-corrected chi connectivity index (χ2v) is 3.89. The molecule has 0 aromatic heterocycles. The zero-order valence-corrected chi connectivity index (χ0v) is 9.48. The number of phenolic OH excluding ortho intramolecular Hbond substituents is 1. The summed E-state index contributed by atoms with van der Waals surface area (Å²) >= 11 is 2.05. The predicted molar refractivity (Wildman–Crippen MR) is 60.2 cm³/mol. The molecule has 14 heavy (non-hydrogen) atoms. The van der Waals surface area contributed by atoms with Crippen LogP contribution in [0.2, 0.25) is 0 Å². The predicted octanol–water partition coefficient (Wildman–Crippen LogP) is 0.719. The van der Waals surface area contributed by atoms with Gasteiger partial charge in [-0.25, -0.2) is 0 Å². The third-order valence-electron chi connectivity index (χ3n) is 1.60. The number of aliphatic hydroxyl groups excluding tert-OH is 1. The molecular formula is C9H10INO3. The summed E-state index contributed by atoms with van der Waals surface area (Å²) in [6.45, 7) is 0.0696. The number of carbonyl (C=O) groups is 1. The number of carbonyl (C=O) groups excluding carboxylic acids is 1. The van der Waals surface area contributed by atoms with E-state index in [9.17, 15) is 9.90 Å². The van der Waals surface area contributed by atoms with Gasteiger partial charge in [-0.1, -0.05) is 0 Å². The number of aromatic hydroxyl groups is 1. The maximum absolute atomic E-state index is 11.4. The maximum atomic E-state index is 11.4. The number of rotatable bonds is 3. The SMILES string of the molecule is O=C(NCCO)c1cc(I)ccc1O. The van der Waals surface area contributed by atoms with Crippen LogP contribution >= 0.6 is 22.6 Å². The van der Waals surface area contributed by atoms with Gasteiger partial charge in [0.05, 0.1) is 12.2 Å². The third-order valence-corrected chi connectivity index (χ3v) is 2.27. The molecule has 76 valence electrons. The molecular weight excluding hydrogens is 297 g/mol. The van der Waals surface area contributed by atoms with Crippen LogP contribution in [0.15, 0.2) is 18.2 Å². The Bertz CT molecular complexity index is 341. The number of amides is 1.